The molecule has 10 heteroatoms. The maximum atomic E-state index is 12.6. The van der Waals surface area contributed by atoms with E-state index in [9.17, 15) is 8.42 Å². The van der Waals surface area contributed by atoms with Gasteiger partial charge in [-0.05, 0) is 43.9 Å². The second kappa shape index (κ2) is 7.81. The van der Waals surface area contributed by atoms with Crippen molar-refractivity contribution in [1.82, 2.24) is 14.8 Å². The third kappa shape index (κ3) is 4.23. The molecular formula is C17H20Cl2N4O2S2. The summed E-state index contributed by atoms with van der Waals surface area (Å²) < 4.78 is 27.5. The second-order valence-corrected chi connectivity index (χ2v) is 10.8. The van der Waals surface area contributed by atoms with Gasteiger partial charge in [0.1, 0.15) is 0 Å². The molecule has 1 saturated carbocycles. The van der Waals surface area contributed by atoms with Crippen molar-refractivity contribution < 1.29 is 8.42 Å². The molecule has 6 nitrogen and oxygen atoms in total. The normalized spacial score (nSPS) is 17.6. The molecule has 1 aromatic heterocycles. The summed E-state index contributed by atoms with van der Waals surface area (Å²) in [6, 6.07) is 4.94. The van der Waals surface area contributed by atoms with E-state index in [0.29, 0.717) is 16.8 Å². The van der Waals surface area contributed by atoms with Gasteiger partial charge in [-0.1, -0.05) is 35.0 Å². The summed E-state index contributed by atoms with van der Waals surface area (Å²) in [5.41, 5.74) is 0. The molecule has 1 aliphatic carbocycles. The Balaban J connectivity index is 1.47. The van der Waals surface area contributed by atoms with Crippen LogP contribution < -0.4 is 4.90 Å². The largest absolute Gasteiger partial charge is 0.341 e. The van der Waals surface area contributed by atoms with Crippen LogP contribution in [-0.4, -0.2) is 47.8 Å². The highest BCUT2D eigenvalue weighted by Gasteiger charge is 2.32. The van der Waals surface area contributed by atoms with E-state index >= 15 is 0 Å². The number of hydrogen-bond acceptors (Lipinski definition) is 6. The molecule has 2 fully saturated rings. The summed E-state index contributed by atoms with van der Waals surface area (Å²) in [5, 5.41) is 10.1. The van der Waals surface area contributed by atoms with Gasteiger partial charge in [0.25, 0.3) is 0 Å². The molecule has 0 radical (unpaired) electrons. The number of aromatic nitrogens is 3. The smallest absolute Gasteiger partial charge is 0.228 e. The van der Waals surface area contributed by atoms with Crippen molar-refractivity contribution in [2.45, 2.75) is 41.8 Å². The van der Waals surface area contributed by atoms with Gasteiger partial charge in [-0.25, -0.2) is 8.42 Å². The Morgan fingerprint density at radius 3 is 2.59 bits per heavy atom. The van der Waals surface area contributed by atoms with Crippen LogP contribution in [0.4, 0.5) is 5.95 Å². The number of hydrogen-bond donors (Lipinski definition) is 0. The van der Waals surface area contributed by atoms with E-state index in [1.54, 1.807) is 6.07 Å². The van der Waals surface area contributed by atoms with Crippen LogP contribution in [0, 0.1) is 0 Å². The van der Waals surface area contributed by atoms with Crippen LogP contribution in [-0.2, 0) is 9.84 Å². The molecule has 1 saturated heterocycles. The molecule has 0 amide bonds. The molecule has 27 heavy (non-hydrogen) atoms. The first kappa shape index (κ1) is 19.4. The molecule has 2 aromatic rings. The molecule has 2 aliphatic rings. The van der Waals surface area contributed by atoms with E-state index in [1.807, 2.05) is 0 Å². The topological polar surface area (TPSA) is 68.1 Å². The summed E-state index contributed by atoms with van der Waals surface area (Å²) in [4.78, 5) is 2.36. The maximum Gasteiger partial charge on any atom is 0.228 e. The summed E-state index contributed by atoms with van der Waals surface area (Å²) in [5.74, 6) is 1.28. The standard InChI is InChI=1S/C17H20Cl2N4O2S2/c18-12-3-6-14(19)15(11-12)27(24,25)10-9-26-17-21-20-16(22-7-1-2-8-22)23(17)13-4-5-13/h3,6,11,13H,1-2,4-5,7-10H2. The molecule has 146 valence electrons. The lowest BCUT2D eigenvalue weighted by atomic mass is 10.4. The minimum Gasteiger partial charge on any atom is -0.341 e. The zero-order valence-electron chi connectivity index (χ0n) is 14.6. The second-order valence-electron chi connectivity index (χ2n) is 6.82. The summed E-state index contributed by atoms with van der Waals surface area (Å²) in [6.07, 6.45) is 4.61. The zero-order chi connectivity index (χ0) is 19.0. The van der Waals surface area contributed by atoms with Crippen LogP contribution in [0.2, 0.25) is 10.0 Å². The quantitative estimate of drug-likeness (QED) is 0.596. The summed E-state index contributed by atoms with van der Waals surface area (Å²) in [6.45, 7) is 2.02. The van der Waals surface area contributed by atoms with Gasteiger partial charge < -0.3 is 4.90 Å². The maximum absolute atomic E-state index is 12.6. The lowest BCUT2D eigenvalue weighted by Gasteiger charge is -2.17. The lowest BCUT2D eigenvalue weighted by molar-refractivity contribution is 0.597. The molecule has 0 atom stereocenters. The highest BCUT2D eigenvalue weighted by molar-refractivity contribution is 8.00. The van der Waals surface area contributed by atoms with Gasteiger partial charge in [-0.3, -0.25) is 4.57 Å². The van der Waals surface area contributed by atoms with Gasteiger partial charge in [0.2, 0.25) is 5.95 Å². The molecule has 0 N–H and O–H groups in total. The number of thioether (sulfide) groups is 1. The van der Waals surface area contributed by atoms with E-state index in [-0.39, 0.29) is 15.7 Å². The Kier molecular flexibility index (Phi) is 5.60. The van der Waals surface area contributed by atoms with E-state index in [0.717, 1.165) is 37.0 Å². The van der Waals surface area contributed by atoms with E-state index < -0.39 is 9.84 Å². The molecular weight excluding hydrogens is 427 g/mol. The predicted octanol–water partition coefficient (Wildman–Crippen LogP) is 4.09. The third-order valence-electron chi connectivity index (χ3n) is 4.76. The van der Waals surface area contributed by atoms with Gasteiger partial charge >= 0.3 is 0 Å². The number of nitrogens with zero attached hydrogens (tertiary/aromatic N) is 4. The molecule has 1 aromatic carbocycles. The number of sulfone groups is 1. The van der Waals surface area contributed by atoms with Gasteiger partial charge in [0.05, 0.1) is 15.7 Å². The Bertz CT molecular complexity index is 938. The Morgan fingerprint density at radius 1 is 1.15 bits per heavy atom. The van der Waals surface area contributed by atoms with Crippen LogP contribution in [0.5, 0.6) is 0 Å². The summed E-state index contributed by atoms with van der Waals surface area (Å²) in [7, 11) is -3.52. The minimum absolute atomic E-state index is 0.0334. The first-order valence-corrected chi connectivity index (χ1v) is 12.4. The van der Waals surface area contributed by atoms with E-state index in [1.165, 1.54) is 36.7 Å². The SMILES string of the molecule is O=S(=O)(CCSc1nnc(N2CCCC2)n1C1CC1)c1cc(Cl)ccc1Cl. The van der Waals surface area contributed by atoms with Gasteiger partial charge in [-0.2, -0.15) is 0 Å². The van der Waals surface area contributed by atoms with Crippen LogP contribution in [0.25, 0.3) is 0 Å². The van der Waals surface area contributed by atoms with Gasteiger partial charge in [0.15, 0.2) is 15.0 Å². The van der Waals surface area contributed by atoms with Crippen molar-refractivity contribution in [3.63, 3.8) is 0 Å². The summed E-state index contributed by atoms with van der Waals surface area (Å²) >= 11 is 13.4. The van der Waals surface area contributed by atoms with Crippen molar-refractivity contribution in [1.29, 1.82) is 0 Å². The van der Waals surface area contributed by atoms with Crippen LogP contribution in [0.1, 0.15) is 31.7 Å². The average Bonchev–Trinajstić information content (AvgIpc) is 3.15. The molecule has 1 aliphatic heterocycles. The van der Waals surface area contributed by atoms with Gasteiger partial charge in [-0.15, -0.1) is 10.2 Å². The number of benzene rings is 1. The highest BCUT2D eigenvalue weighted by atomic mass is 35.5. The molecule has 0 bridgehead atoms. The van der Waals surface area contributed by atoms with Crippen molar-refractivity contribution in [3.8, 4) is 0 Å². The number of halogens is 2. The van der Waals surface area contributed by atoms with Crippen LogP contribution >= 0.6 is 35.0 Å². The Labute approximate surface area is 173 Å². The van der Waals surface area contributed by atoms with Crippen LogP contribution in [0.3, 0.4) is 0 Å². The predicted molar refractivity (Wildman–Crippen MR) is 109 cm³/mol. The van der Waals surface area contributed by atoms with Crippen molar-refractivity contribution in [3.05, 3.63) is 28.2 Å². The monoisotopic (exact) mass is 446 g/mol. The van der Waals surface area contributed by atoms with E-state index in [2.05, 4.69) is 19.7 Å². The third-order valence-corrected chi connectivity index (χ3v) is 8.39. The fraction of sp³-hybridized carbons (Fsp3) is 0.529. The Morgan fingerprint density at radius 2 is 1.89 bits per heavy atom. The van der Waals surface area contributed by atoms with Crippen molar-refractivity contribution in [2.75, 3.05) is 29.5 Å². The molecule has 0 unspecified atom stereocenters. The first-order chi connectivity index (χ1) is 13.0. The van der Waals surface area contributed by atoms with Crippen LogP contribution in [0.15, 0.2) is 28.3 Å². The molecule has 4 rings (SSSR count). The fourth-order valence-corrected chi connectivity index (χ4v) is 6.68. The van der Waals surface area contributed by atoms with E-state index in [4.69, 9.17) is 23.2 Å². The van der Waals surface area contributed by atoms with Crippen molar-refractivity contribution in [2.24, 2.45) is 0 Å². The fourth-order valence-electron chi connectivity index (χ4n) is 3.22. The molecule has 0 spiro atoms. The Hall–Kier alpha value is -0.960. The average molecular weight is 447 g/mol. The minimum atomic E-state index is -3.52. The zero-order valence-corrected chi connectivity index (χ0v) is 17.8. The highest BCUT2D eigenvalue weighted by Crippen LogP contribution is 2.41. The van der Waals surface area contributed by atoms with Gasteiger partial charge in [0, 0.05) is 29.9 Å². The first-order valence-electron chi connectivity index (χ1n) is 8.96. The molecule has 2 heterocycles. The number of anilines is 1. The lowest BCUT2D eigenvalue weighted by Crippen LogP contribution is -2.22. The van der Waals surface area contributed by atoms with Crippen molar-refractivity contribution >= 4 is 50.7 Å². The number of rotatable bonds is 7.